The summed E-state index contributed by atoms with van der Waals surface area (Å²) in [6, 6.07) is -5.21. The van der Waals surface area contributed by atoms with Crippen molar-refractivity contribution >= 4 is 54.0 Å². The number of amides is 4. The van der Waals surface area contributed by atoms with E-state index in [1.165, 1.54) is 6.92 Å². The molecule has 0 spiro atoms. The zero-order valence-corrected chi connectivity index (χ0v) is 26.6. The highest BCUT2D eigenvalue weighted by atomic mass is 32.1. The summed E-state index contributed by atoms with van der Waals surface area (Å²) < 4.78 is 0. The van der Waals surface area contributed by atoms with Crippen molar-refractivity contribution in [2.45, 2.75) is 83.1 Å². The number of carboxylic acid groups (broad SMARTS) is 1. The van der Waals surface area contributed by atoms with Crippen LogP contribution in [0.2, 0.25) is 0 Å². The monoisotopic (exact) mass is 647 g/mol. The lowest BCUT2D eigenvalue weighted by Gasteiger charge is -2.27. The van der Waals surface area contributed by atoms with Crippen LogP contribution in [0.1, 0.15) is 53.4 Å². The van der Waals surface area contributed by atoms with Gasteiger partial charge in [0.15, 0.2) is 11.7 Å². The maximum Gasteiger partial charge on any atom is 0.305 e. The lowest BCUT2D eigenvalue weighted by atomic mass is 9.98. The van der Waals surface area contributed by atoms with Crippen LogP contribution in [0.3, 0.4) is 0 Å². The predicted octanol–water partition coefficient (Wildman–Crippen LogP) is -3.47. The fraction of sp³-hybridized carbons (Fsp3) is 0.731. The summed E-state index contributed by atoms with van der Waals surface area (Å²) in [4.78, 5) is 75.8. The van der Waals surface area contributed by atoms with Crippen LogP contribution in [0.5, 0.6) is 0 Å². The van der Waals surface area contributed by atoms with Gasteiger partial charge in [-0.3, -0.25) is 39.5 Å². The van der Waals surface area contributed by atoms with E-state index in [9.17, 15) is 39.0 Å². The van der Waals surface area contributed by atoms with Gasteiger partial charge in [-0.25, -0.2) is 0 Å². The van der Waals surface area contributed by atoms with Gasteiger partial charge in [0.1, 0.15) is 18.1 Å². The van der Waals surface area contributed by atoms with E-state index >= 15 is 0 Å². The molecule has 0 aromatic rings. The van der Waals surface area contributed by atoms with E-state index in [2.05, 4.69) is 44.5 Å². The summed E-state index contributed by atoms with van der Waals surface area (Å²) in [5.41, 5.74) is 9.81. The maximum atomic E-state index is 13.3. The fourth-order valence-corrected chi connectivity index (χ4v) is 3.89. The molecule has 13 N–H and O–H groups in total. The van der Waals surface area contributed by atoms with E-state index in [0.717, 1.165) is 0 Å². The molecule has 0 aromatic heterocycles. The average Bonchev–Trinajstić information content (AvgIpc) is 2.96. The molecule has 252 valence electrons. The Labute approximate surface area is 262 Å². The normalized spacial score (nSPS) is 15.7. The number of carboxylic acids is 1. The van der Waals surface area contributed by atoms with Crippen molar-refractivity contribution < 1.29 is 39.0 Å². The topological polar surface area (TPSA) is 291 Å². The van der Waals surface area contributed by atoms with Crippen LogP contribution >= 0.6 is 12.6 Å². The van der Waals surface area contributed by atoms with Gasteiger partial charge in [0.05, 0.1) is 31.2 Å². The van der Waals surface area contributed by atoms with Gasteiger partial charge in [0.25, 0.3) is 0 Å². The van der Waals surface area contributed by atoms with Crippen LogP contribution in [0.4, 0.5) is 0 Å². The van der Waals surface area contributed by atoms with Crippen LogP contribution < -0.4 is 43.4 Å². The molecule has 6 atom stereocenters. The molecule has 0 rings (SSSR count). The Morgan fingerprint density at radius 3 is 2.00 bits per heavy atom. The first-order valence-electron chi connectivity index (χ1n) is 14.3. The number of aliphatic hydroxyl groups is 1. The largest absolute Gasteiger partial charge is 0.481 e. The van der Waals surface area contributed by atoms with Crippen molar-refractivity contribution in [1.29, 1.82) is 5.41 Å². The Bertz CT molecular complexity index is 1010. The number of hydrogen-bond donors (Lipinski definition) is 12. The first-order chi connectivity index (χ1) is 20.5. The number of carbonyl (C=O) groups is 6. The lowest BCUT2D eigenvalue weighted by molar-refractivity contribution is -0.140. The molecule has 0 aliphatic carbocycles. The number of aliphatic hydroxyl groups excluding tert-OH is 1. The second-order valence-electron chi connectivity index (χ2n) is 10.6. The molecule has 0 aliphatic heterocycles. The van der Waals surface area contributed by atoms with Crippen molar-refractivity contribution in [3.63, 3.8) is 0 Å². The standard InChI is InChI=1S/C26H49N9O8S/c1-5-14(3)20(24(43)30-6-2)35-23(42)17(12-36)34-21(40)15(8-7-9-31-25(27)28)33-22(41)16(10-19(38)39)32-11-18(37)26(4,29)13-44/h14-17,20,32,36,44H,5-13,29H2,1-4H3,(H,30,43)(H,33,41)(H,34,40)(H,35,42)(H,38,39)(H4,27,28,31)/t14-,15+,16+,17+,20+,26+/m1/s1. The van der Waals surface area contributed by atoms with Crippen LogP contribution in [0, 0.1) is 11.3 Å². The number of thiol groups is 1. The van der Waals surface area contributed by atoms with E-state index < -0.39 is 84.7 Å². The van der Waals surface area contributed by atoms with Gasteiger partial charge in [-0.05, 0) is 32.6 Å². The number of ketones is 1. The Hall–Kier alpha value is -3.48. The highest BCUT2D eigenvalue weighted by Crippen LogP contribution is 2.09. The number of Topliss-reactive ketones (excluding diaryl/α,β-unsaturated/α-hetero) is 1. The molecule has 0 bridgehead atoms. The van der Waals surface area contributed by atoms with Gasteiger partial charge in [-0.1, -0.05) is 20.3 Å². The smallest absolute Gasteiger partial charge is 0.305 e. The Balaban J connectivity index is 5.88. The quantitative estimate of drug-likeness (QED) is 0.0236. The van der Waals surface area contributed by atoms with E-state index in [0.29, 0.717) is 13.0 Å². The molecule has 44 heavy (non-hydrogen) atoms. The zero-order chi connectivity index (χ0) is 34.0. The lowest BCUT2D eigenvalue weighted by Crippen LogP contribution is -2.60. The SMILES string of the molecule is CCNC(=O)[C@@H](NC(=O)[C@H](CO)NC(=O)[C@H](CCCNC(=N)N)NC(=O)[C@H](CC(=O)O)NCC(=O)[C@@](C)(N)CS)[C@H](C)CC. The van der Waals surface area contributed by atoms with Crippen molar-refractivity contribution in [3.05, 3.63) is 0 Å². The number of carbonyl (C=O) groups excluding carboxylic acids is 5. The summed E-state index contributed by atoms with van der Waals surface area (Å²) in [6.45, 7) is 5.93. The number of nitrogens with one attached hydrogen (secondary N) is 7. The highest BCUT2D eigenvalue weighted by Gasteiger charge is 2.33. The molecule has 0 aromatic carbocycles. The molecule has 0 fully saturated rings. The van der Waals surface area contributed by atoms with E-state index in [1.54, 1.807) is 13.8 Å². The van der Waals surface area contributed by atoms with Crippen LogP contribution in [-0.4, -0.2) is 113 Å². The number of aliphatic carboxylic acids is 1. The second kappa shape index (κ2) is 20.5. The van der Waals surface area contributed by atoms with Gasteiger partial charge in [0.2, 0.25) is 23.6 Å². The van der Waals surface area contributed by atoms with Crippen molar-refractivity contribution in [2.75, 3.05) is 32.0 Å². The van der Waals surface area contributed by atoms with E-state index in [-0.39, 0.29) is 37.0 Å². The Morgan fingerprint density at radius 1 is 0.932 bits per heavy atom. The summed E-state index contributed by atoms with van der Waals surface area (Å²) >= 11 is 4.02. The van der Waals surface area contributed by atoms with Crippen molar-refractivity contribution in [2.24, 2.45) is 17.4 Å². The number of guanidine groups is 1. The fourth-order valence-electron chi connectivity index (χ4n) is 3.71. The van der Waals surface area contributed by atoms with Crippen LogP contribution in [-0.2, 0) is 28.8 Å². The minimum absolute atomic E-state index is 0.000825. The number of likely N-dealkylation sites (N-methyl/N-ethyl adjacent to an activating group) is 1. The number of nitrogens with two attached hydrogens (primary N) is 2. The van der Waals surface area contributed by atoms with Crippen LogP contribution in [0.15, 0.2) is 0 Å². The first-order valence-corrected chi connectivity index (χ1v) is 14.9. The Kier molecular flexibility index (Phi) is 18.9. The van der Waals surface area contributed by atoms with Gasteiger partial charge in [0, 0.05) is 18.8 Å². The average molecular weight is 648 g/mol. The zero-order valence-electron chi connectivity index (χ0n) is 25.7. The summed E-state index contributed by atoms with van der Waals surface area (Å²) in [5, 5.41) is 41.6. The Morgan fingerprint density at radius 2 is 1.50 bits per heavy atom. The molecule has 0 unspecified atom stereocenters. The summed E-state index contributed by atoms with van der Waals surface area (Å²) in [7, 11) is 0. The molecule has 4 amide bonds. The van der Waals surface area contributed by atoms with E-state index in [4.69, 9.17) is 16.9 Å². The van der Waals surface area contributed by atoms with Gasteiger partial charge >= 0.3 is 5.97 Å². The highest BCUT2D eigenvalue weighted by molar-refractivity contribution is 7.80. The van der Waals surface area contributed by atoms with Crippen molar-refractivity contribution in [3.8, 4) is 0 Å². The molecule has 0 aliphatic rings. The molecule has 0 saturated heterocycles. The molecule has 0 saturated carbocycles. The third-order valence-corrected chi connectivity index (χ3v) is 7.40. The molecular weight excluding hydrogens is 598 g/mol. The summed E-state index contributed by atoms with van der Waals surface area (Å²) in [5.74, 6) is -5.55. The van der Waals surface area contributed by atoms with Crippen molar-refractivity contribution in [1.82, 2.24) is 31.9 Å². The summed E-state index contributed by atoms with van der Waals surface area (Å²) in [6.07, 6.45) is -0.0353. The number of hydrogen-bond acceptors (Lipinski definition) is 11. The van der Waals surface area contributed by atoms with E-state index in [1.807, 2.05) is 6.92 Å². The minimum Gasteiger partial charge on any atom is -0.481 e. The first kappa shape index (κ1) is 40.5. The number of rotatable bonds is 22. The molecular formula is C26H49N9O8S. The van der Waals surface area contributed by atoms with Gasteiger partial charge < -0.3 is 48.3 Å². The maximum absolute atomic E-state index is 13.3. The second-order valence-corrected chi connectivity index (χ2v) is 10.9. The molecule has 0 radical (unpaired) electrons. The third kappa shape index (κ3) is 14.8. The van der Waals surface area contributed by atoms with Gasteiger partial charge in [-0.2, -0.15) is 12.6 Å². The molecule has 18 heteroatoms. The molecule has 17 nitrogen and oxygen atoms in total. The van der Waals surface area contributed by atoms with Gasteiger partial charge in [-0.15, -0.1) is 0 Å². The minimum atomic E-state index is -1.49. The molecule has 0 heterocycles. The predicted molar refractivity (Wildman–Crippen MR) is 166 cm³/mol. The van der Waals surface area contributed by atoms with Crippen LogP contribution in [0.25, 0.3) is 0 Å². The third-order valence-electron chi connectivity index (χ3n) is 6.75.